The van der Waals surface area contributed by atoms with E-state index in [1.807, 2.05) is 12.1 Å². The second kappa shape index (κ2) is 5.62. The van der Waals surface area contributed by atoms with Crippen LogP contribution in [0.3, 0.4) is 0 Å². The Morgan fingerprint density at radius 3 is 2.57 bits per heavy atom. The maximum atomic E-state index is 5.85. The van der Waals surface area contributed by atoms with Crippen molar-refractivity contribution in [2.24, 2.45) is 5.73 Å². The van der Waals surface area contributed by atoms with Crippen LogP contribution in [-0.4, -0.2) is 30.8 Å². The number of nitrogens with zero attached hydrogens (tertiary/aromatic N) is 1. The van der Waals surface area contributed by atoms with Gasteiger partial charge in [-0.25, -0.2) is 0 Å². The van der Waals surface area contributed by atoms with Crippen LogP contribution in [0.15, 0.2) is 36.4 Å². The van der Waals surface area contributed by atoms with Gasteiger partial charge in [0, 0.05) is 30.3 Å². The fourth-order valence-electron chi connectivity index (χ4n) is 3.21. The molecule has 2 atom stereocenters. The van der Waals surface area contributed by atoms with Crippen LogP contribution >= 0.6 is 12.2 Å². The van der Waals surface area contributed by atoms with Crippen LogP contribution in [0, 0.1) is 0 Å². The Hall–Kier alpha value is -1.65. The fraction of sp³-hybridized carbons (Fsp3) is 0.353. The second-order valence-corrected chi connectivity index (χ2v) is 6.02. The zero-order valence-electron chi connectivity index (χ0n) is 12.4. The fourth-order valence-corrected chi connectivity index (χ4v) is 3.39. The summed E-state index contributed by atoms with van der Waals surface area (Å²) in [5.41, 5.74) is 7.99. The molecule has 3 rings (SSSR count). The zero-order chi connectivity index (χ0) is 15.0. The molecular formula is C17H20N2OS. The van der Waals surface area contributed by atoms with Crippen LogP contribution < -0.4 is 10.6 Å². The molecule has 0 amide bonds. The summed E-state index contributed by atoms with van der Waals surface area (Å²) in [6.07, 6.45) is 1.31. The van der Waals surface area contributed by atoms with Crippen molar-refractivity contribution in [2.45, 2.75) is 25.5 Å². The molecule has 0 saturated carbocycles. The molecule has 1 aliphatic rings. The van der Waals surface area contributed by atoms with Crippen LogP contribution in [0.25, 0.3) is 10.8 Å². The largest absolute Gasteiger partial charge is 0.389 e. The van der Waals surface area contributed by atoms with Crippen molar-refractivity contribution < 1.29 is 4.74 Å². The van der Waals surface area contributed by atoms with Gasteiger partial charge in [0.05, 0.1) is 12.1 Å². The van der Waals surface area contributed by atoms with Gasteiger partial charge in [-0.05, 0) is 30.9 Å². The first-order valence-electron chi connectivity index (χ1n) is 7.25. The van der Waals surface area contributed by atoms with Gasteiger partial charge < -0.3 is 15.4 Å². The summed E-state index contributed by atoms with van der Waals surface area (Å²) in [6.45, 7) is 2.97. The summed E-state index contributed by atoms with van der Waals surface area (Å²) < 4.78 is 5.70. The highest BCUT2D eigenvalue weighted by atomic mass is 32.1. The maximum Gasteiger partial charge on any atom is 0.104 e. The van der Waals surface area contributed by atoms with Gasteiger partial charge in [0.15, 0.2) is 0 Å². The van der Waals surface area contributed by atoms with E-state index in [1.54, 1.807) is 0 Å². The Balaban J connectivity index is 2.11. The van der Waals surface area contributed by atoms with Crippen molar-refractivity contribution in [2.75, 3.05) is 18.6 Å². The molecule has 2 aromatic carbocycles. The van der Waals surface area contributed by atoms with E-state index in [9.17, 15) is 0 Å². The van der Waals surface area contributed by atoms with E-state index < -0.39 is 0 Å². The average Bonchev–Trinajstić information content (AvgIpc) is 2.91. The van der Waals surface area contributed by atoms with E-state index in [0.717, 1.165) is 24.0 Å². The number of hydrogen-bond donors (Lipinski definition) is 1. The highest BCUT2D eigenvalue weighted by molar-refractivity contribution is 7.80. The molecule has 0 spiro atoms. The summed E-state index contributed by atoms with van der Waals surface area (Å²) in [6, 6.07) is 12.8. The number of thiocarbonyl (C=S) groups is 1. The first-order chi connectivity index (χ1) is 10.1. The van der Waals surface area contributed by atoms with Gasteiger partial charge in [0.25, 0.3) is 0 Å². The molecule has 1 heterocycles. The van der Waals surface area contributed by atoms with Gasteiger partial charge in [-0.2, -0.15) is 0 Å². The molecule has 0 radical (unpaired) electrons. The van der Waals surface area contributed by atoms with E-state index in [1.165, 1.54) is 11.1 Å². The predicted octanol–water partition coefficient (Wildman–Crippen LogP) is 3.09. The monoisotopic (exact) mass is 300 g/mol. The van der Waals surface area contributed by atoms with Crippen LogP contribution in [0.5, 0.6) is 0 Å². The number of hydrogen-bond acceptors (Lipinski definition) is 3. The summed E-state index contributed by atoms with van der Waals surface area (Å²) in [5, 5.41) is 2.30. The third-order valence-corrected chi connectivity index (χ3v) is 4.60. The standard InChI is InChI=1S/C17H20N2OS/c1-11-15(9-10-20-11)19(2)16-8-7-14(17(18)21)12-5-3-4-6-13(12)16/h3-8,11,15H,9-10H2,1-2H3,(H2,18,21). The van der Waals surface area contributed by atoms with Gasteiger partial charge in [0.2, 0.25) is 0 Å². The topological polar surface area (TPSA) is 38.5 Å². The molecule has 21 heavy (non-hydrogen) atoms. The molecule has 3 nitrogen and oxygen atoms in total. The third kappa shape index (κ3) is 2.49. The molecule has 110 valence electrons. The molecule has 1 saturated heterocycles. The highest BCUT2D eigenvalue weighted by Gasteiger charge is 2.28. The summed E-state index contributed by atoms with van der Waals surface area (Å²) >= 11 is 5.17. The minimum atomic E-state index is 0.254. The van der Waals surface area contributed by atoms with Crippen molar-refractivity contribution in [3.63, 3.8) is 0 Å². The van der Waals surface area contributed by atoms with Crippen molar-refractivity contribution >= 4 is 33.7 Å². The minimum Gasteiger partial charge on any atom is -0.389 e. The van der Waals surface area contributed by atoms with Crippen molar-refractivity contribution in [3.05, 3.63) is 42.0 Å². The van der Waals surface area contributed by atoms with Crippen molar-refractivity contribution in [3.8, 4) is 0 Å². The number of fused-ring (bicyclic) bond motifs is 1. The van der Waals surface area contributed by atoms with Gasteiger partial charge in [0.1, 0.15) is 4.99 Å². The predicted molar refractivity (Wildman–Crippen MR) is 92.1 cm³/mol. The first kappa shape index (κ1) is 14.3. The van der Waals surface area contributed by atoms with E-state index in [0.29, 0.717) is 11.0 Å². The van der Waals surface area contributed by atoms with E-state index in [-0.39, 0.29) is 6.10 Å². The van der Waals surface area contributed by atoms with E-state index in [2.05, 4.69) is 43.1 Å². The van der Waals surface area contributed by atoms with Gasteiger partial charge in [-0.1, -0.05) is 36.5 Å². The lowest BCUT2D eigenvalue weighted by molar-refractivity contribution is 0.118. The van der Waals surface area contributed by atoms with Gasteiger partial charge in [-0.15, -0.1) is 0 Å². The van der Waals surface area contributed by atoms with Gasteiger partial charge in [-0.3, -0.25) is 0 Å². The molecule has 0 aromatic heterocycles. The van der Waals surface area contributed by atoms with Crippen molar-refractivity contribution in [1.82, 2.24) is 0 Å². The lowest BCUT2D eigenvalue weighted by Gasteiger charge is -2.30. The maximum absolute atomic E-state index is 5.85. The molecule has 0 aliphatic carbocycles. The highest BCUT2D eigenvalue weighted by Crippen LogP contribution is 2.32. The SMILES string of the molecule is CC1OCCC1N(C)c1ccc(C(N)=S)c2ccccc12. The Kier molecular flexibility index (Phi) is 3.83. The van der Waals surface area contributed by atoms with E-state index in [4.69, 9.17) is 22.7 Å². The van der Waals surface area contributed by atoms with Crippen LogP contribution in [0.2, 0.25) is 0 Å². The second-order valence-electron chi connectivity index (χ2n) is 5.58. The van der Waals surface area contributed by atoms with Crippen LogP contribution in [-0.2, 0) is 4.74 Å². The molecule has 4 heteroatoms. The number of nitrogens with two attached hydrogens (primary N) is 1. The molecule has 1 aliphatic heterocycles. The average molecular weight is 300 g/mol. The summed E-state index contributed by atoms with van der Waals surface area (Å²) in [4.78, 5) is 2.77. The first-order valence-corrected chi connectivity index (χ1v) is 7.66. The number of ether oxygens (including phenoxy) is 1. The lowest BCUT2D eigenvalue weighted by atomic mass is 10.0. The normalized spacial score (nSPS) is 21.6. The van der Waals surface area contributed by atoms with Crippen LogP contribution in [0.1, 0.15) is 18.9 Å². The summed E-state index contributed by atoms with van der Waals surface area (Å²) in [7, 11) is 2.14. The molecule has 0 bridgehead atoms. The molecule has 1 fully saturated rings. The van der Waals surface area contributed by atoms with E-state index >= 15 is 0 Å². The van der Waals surface area contributed by atoms with Gasteiger partial charge >= 0.3 is 0 Å². The molecule has 2 N–H and O–H groups in total. The zero-order valence-corrected chi connectivity index (χ0v) is 13.2. The number of rotatable bonds is 3. The smallest absolute Gasteiger partial charge is 0.104 e. The molecular weight excluding hydrogens is 280 g/mol. The molecule has 2 unspecified atom stereocenters. The third-order valence-electron chi connectivity index (χ3n) is 4.38. The Morgan fingerprint density at radius 1 is 1.24 bits per heavy atom. The Labute approximate surface area is 130 Å². The molecule has 2 aromatic rings. The number of benzene rings is 2. The summed E-state index contributed by atoms with van der Waals surface area (Å²) in [5.74, 6) is 0. The minimum absolute atomic E-state index is 0.254. The van der Waals surface area contributed by atoms with Crippen molar-refractivity contribution in [1.29, 1.82) is 0 Å². The number of likely N-dealkylation sites (N-methyl/N-ethyl adjacent to an activating group) is 1. The lowest BCUT2D eigenvalue weighted by Crippen LogP contribution is -2.36. The number of anilines is 1. The Morgan fingerprint density at radius 2 is 1.95 bits per heavy atom. The Bertz CT molecular complexity index is 686. The van der Waals surface area contributed by atoms with Crippen LogP contribution in [0.4, 0.5) is 5.69 Å². The quantitative estimate of drug-likeness (QED) is 0.884.